The summed E-state index contributed by atoms with van der Waals surface area (Å²) >= 11 is 0. The Morgan fingerprint density at radius 1 is 1.21 bits per heavy atom. The van der Waals surface area contributed by atoms with Crippen molar-refractivity contribution in [1.29, 1.82) is 0 Å². The molecule has 12 nitrogen and oxygen atoms in total. The van der Waals surface area contributed by atoms with Crippen LogP contribution in [-0.4, -0.2) is 85.8 Å². The lowest BCUT2D eigenvalue weighted by molar-refractivity contribution is -0.955. The maximum absolute atomic E-state index is 12.6. The van der Waals surface area contributed by atoms with Gasteiger partial charge in [0, 0.05) is 12.8 Å². The van der Waals surface area contributed by atoms with E-state index in [-0.39, 0.29) is 17.9 Å². The number of piperidine rings is 1. The number of hydroxylamine groups is 2. The van der Waals surface area contributed by atoms with Crippen LogP contribution in [0.15, 0.2) is 5.29 Å². The molecule has 0 aromatic carbocycles. The Morgan fingerprint density at radius 3 is 2.21 bits per heavy atom. The first-order valence-electron chi connectivity index (χ1n) is 9.14. The van der Waals surface area contributed by atoms with E-state index in [4.69, 9.17) is 9.84 Å². The van der Waals surface area contributed by atoms with Gasteiger partial charge >= 0.3 is 6.03 Å². The number of nitrogens with zero attached hydrogens (tertiary/aromatic N) is 2. The number of quaternary nitrogens is 1. The first kappa shape index (κ1) is 22.9. The van der Waals surface area contributed by atoms with Gasteiger partial charge in [0.25, 0.3) is 0 Å². The van der Waals surface area contributed by atoms with E-state index < -0.39 is 60.4 Å². The van der Waals surface area contributed by atoms with Crippen LogP contribution in [0.3, 0.4) is 0 Å². The van der Waals surface area contributed by atoms with Gasteiger partial charge in [0.15, 0.2) is 6.29 Å². The molecule has 2 saturated heterocycles. The van der Waals surface area contributed by atoms with Crippen molar-refractivity contribution in [2.24, 2.45) is 5.29 Å². The fraction of sp³-hybridized carbons (Fsp3) is 0.938. The van der Waals surface area contributed by atoms with Crippen molar-refractivity contribution < 1.29 is 35.0 Å². The van der Waals surface area contributed by atoms with Crippen molar-refractivity contribution in [2.75, 3.05) is 6.61 Å². The summed E-state index contributed by atoms with van der Waals surface area (Å²) < 4.78 is 4.98. The quantitative estimate of drug-likeness (QED) is 0.170. The van der Waals surface area contributed by atoms with Crippen LogP contribution in [0.25, 0.3) is 0 Å². The molecule has 12 heteroatoms. The first-order chi connectivity index (χ1) is 12.9. The number of carbonyl (C=O) groups excluding carboxylic acids is 1. The molecule has 0 aromatic rings. The average Bonchev–Trinajstić information content (AvgIpc) is 2.59. The molecule has 2 amide bonds. The average molecular weight is 406 g/mol. The monoisotopic (exact) mass is 406 g/mol. The molecule has 0 saturated carbocycles. The molecule has 2 fully saturated rings. The van der Waals surface area contributed by atoms with Gasteiger partial charge < -0.3 is 40.8 Å². The molecule has 6 N–H and O–H groups in total. The van der Waals surface area contributed by atoms with Gasteiger partial charge in [-0.2, -0.15) is 5.01 Å². The fourth-order valence-electron chi connectivity index (χ4n) is 4.26. The molecule has 2 rings (SSSR count). The molecule has 0 bridgehead atoms. The van der Waals surface area contributed by atoms with E-state index in [9.17, 15) is 30.2 Å². The zero-order valence-electron chi connectivity index (χ0n) is 16.4. The topological polar surface area (TPSA) is 179 Å². The van der Waals surface area contributed by atoms with E-state index in [0.717, 1.165) is 0 Å². The summed E-state index contributed by atoms with van der Waals surface area (Å²) in [7, 11) is 0. The standard InChI is InChI=1S/C16H30N4O8/c1-15(2)5-8(6-16(3,4)20(15)27)19(18-26)14(25)17-10-12(23)11(22)9(7-21)28-13(10)24/h8-13,20-24H,5-7H2,1-4H3,(H,17,25)/t9-,10-,11-,12-,13?/m1/s1. The molecular weight excluding hydrogens is 376 g/mol. The minimum atomic E-state index is -1.71. The highest BCUT2D eigenvalue weighted by molar-refractivity contribution is 5.74. The molecule has 0 aromatic heterocycles. The molecule has 2 aliphatic rings. The molecular formula is C16H30N4O8. The number of nitrogens with one attached hydrogen (secondary N) is 2. The Kier molecular flexibility index (Phi) is 6.65. The van der Waals surface area contributed by atoms with Crippen LogP contribution in [0.1, 0.15) is 40.5 Å². The Balaban J connectivity index is 2.14. The number of hydrogen-bond donors (Lipinski definition) is 6. The fourth-order valence-corrected chi connectivity index (χ4v) is 4.26. The molecule has 0 radical (unpaired) electrons. The number of aliphatic hydroxyl groups is 4. The second-order valence-corrected chi connectivity index (χ2v) is 8.79. The summed E-state index contributed by atoms with van der Waals surface area (Å²) in [6.07, 6.45) is -5.69. The van der Waals surface area contributed by atoms with Crippen LogP contribution < -0.4 is 10.4 Å². The van der Waals surface area contributed by atoms with Gasteiger partial charge in [0.1, 0.15) is 24.4 Å². The number of hydrogen-bond acceptors (Lipinski definition) is 9. The van der Waals surface area contributed by atoms with Gasteiger partial charge in [0.2, 0.25) is 0 Å². The molecule has 2 aliphatic heterocycles. The van der Waals surface area contributed by atoms with Crippen molar-refractivity contribution in [1.82, 2.24) is 10.3 Å². The number of rotatable bonds is 4. The van der Waals surface area contributed by atoms with Crippen LogP contribution >= 0.6 is 0 Å². The maximum atomic E-state index is 12.6. The minimum Gasteiger partial charge on any atom is -0.634 e. The van der Waals surface area contributed by atoms with Gasteiger partial charge in [-0.3, -0.25) is 0 Å². The highest BCUT2D eigenvalue weighted by atomic mass is 16.6. The van der Waals surface area contributed by atoms with Crippen molar-refractivity contribution in [3.63, 3.8) is 0 Å². The smallest absolute Gasteiger partial charge is 0.341 e. The third-order valence-corrected chi connectivity index (χ3v) is 5.55. The van der Waals surface area contributed by atoms with Crippen LogP contribution in [0.2, 0.25) is 0 Å². The van der Waals surface area contributed by atoms with E-state index in [1.165, 1.54) is 0 Å². The van der Waals surface area contributed by atoms with Crippen molar-refractivity contribution in [3.8, 4) is 0 Å². The third kappa shape index (κ3) is 4.27. The number of aliphatic hydroxyl groups excluding tert-OH is 4. The Morgan fingerprint density at radius 2 is 1.75 bits per heavy atom. The van der Waals surface area contributed by atoms with Gasteiger partial charge in [-0.05, 0) is 27.7 Å². The number of amides is 2. The van der Waals surface area contributed by atoms with Gasteiger partial charge in [-0.15, -0.1) is 4.91 Å². The highest BCUT2D eigenvalue weighted by Crippen LogP contribution is 2.28. The van der Waals surface area contributed by atoms with Crippen LogP contribution in [0, 0.1) is 10.1 Å². The van der Waals surface area contributed by atoms with Crippen LogP contribution in [-0.2, 0) is 4.74 Å². The van der Waals surface area contributed by atoms with Crippen LogP contribution in [0.4, 0.5) is 4.79 Å². The normalized spacial score (nSPS) is 39.8. The van der Waals surface area contributed by atoms with Crippen molar-refractivity contribution in [2.45, 2.75) is 88.3 Å². The number of ether oxygens (including phenoxy) is 1. The lowest BCUT2D eigenvalue weighted by Gasteiger charge is -2.55. The summed E-state index contributed by atoms with van der Waals surface area (Å²) in [6, 6.07) is -3.11. The highest BCUT2D eigenvalue weighted by Gasteiger charge is 2.50. The van der Waals surface area contributed by atoms with E-state index in [0.29, 0.717) is 5.01 Å². The molecule has 2 heterocycles. The number of carbonyl (C=O) groups is 1. The van der Waals surface area contributed by atoms with Gasteiger partial charge in [-0.25, -0.2) is 4.79 Å². The molecule has 28 heavy (non-hydrogen) atoms. The molecule has 0 spiro atoms. The molecule has 0 aliphatic carbocycles. The lowest BCUT2D eigenvalue weighted by atomic mass is 9.79. The summed E-state index contributed by atoms with van der Waals surface area (Å²) in [5, 5.41) is 57.4. The predicted octanol–water partition coefficient (Wildman–Crippen LogP) is -2.42. The largest absolute Gasteiger partial charge is 0.634 e. The van der Waals surface area contributed by atoms with E-state index in [1.54, 1.807) is 27.7 Å². The summed E-state index contributed by atoms with van der Waals surface area (Å²) in [5.41, 5.74) is -1.54. The third-order valence-electron chi connectivity index (χ3n) is 5.55. The maximum Gasteiger partial charge on any atom is 0.341 e. The second kappa shape index (κ2) is 8.14. The Hall–Kier alpha value is -1.41. The first-order valence-corrected chi connectivity index (χ1v) is 9.14. The predicted molar refractivity (Wildman–Crippen MR) is 95.4 cm³/mol. The molecule has 5 atom stereocenters. The number of urea groups is 1. The van der Waals surface area contributed by atoms with Crippen LogP contribution in [0.5, 0.6) is 0 Å². The Bertz CT molecular complexity index is 571. The molecule has 1 unspecified atom stereocenters. The minimum absolute atomic E-state index is 0.0206. The molecule has 162 valence electrons. The van der Waals surface area contributed by atoms with E-state index in [2.05, 4.69) is 10.6 Å². The SMILES string of the molecule is CC1(C)CC(N(N=O)C(=O)N[C@H]2C(O)O[C@H](CO)[C@@H](O)[C@@H]2O)CC(C)(C)[NH+]1[O-]. The number of nitroso groups, excluding NO2 is 1. The summed E-state index contributed by atoms with van der Waals surface area (Å²) in [6.45, 7) is 6.30. The summed E-state index contributed by atoms with van der Waals surface area (Å²) in [5.74, 6) is 0. The van der Waals surface area contributed by atoms with Gasteiger partial charge in [-0.1, -0.05) is 0 Å². The van der Waals surface area contributed by atoms with Crippen molar-refractivity contribution >= 4 is 6.03 Å². The summed E-state index contributed by atoms with van der Waals surface area (Å²) in [4.78, 5) is 24.0. The zero-order valence-corrected chi connectivity index (χ0v) is 16.4. The van der Waals surface area contributed by atoms with Crippen molar-refractivity contribution in [3.05, 3.63) is 10.1 Å². The second-order valence-electron chi connectivity index (χ2n) is 8.79. The zero-order chi connectivity index (χ0) is 21.4. The van der Waals surface area contributed by atoms with Gasteiger partial charge in [0.05, 0.1) is 29.0 Å². The Labute approximate surface area is 162 Å². The van der Waals surface area contributed by atoms with E-state index in [1.807, 2.05) is 0 Å². The lowest BCUT2D eigenvalue weighted by Crippen LogP contribution is -3.23. The van der Waals surface area contributed by atoms with E-state index >= 15 is 0 Å².